The van der Waals surface area contributed by atoms with Gasteiger partial charge in [-0.25, -0.2) is 4.79 Å². The predicted molar refractivity (Wildman–Crippen MR) is 52.4 cm³/mol. The predicted octanol–water partition coefficient (Wildman–Crippen LogP) is 1.28. The fourth-order valence-corrected chi connectivity index (χ4v) is 2.71. The molecule has 0 unspecified atom stereocenters. The molecule has 1 aromatic rings. The van der Waals surface area contributed by atoms with Crippen LogP contribution >= 0.6 is 11.3 Å². The number of thiophene rings is 1. The molecule has 0 aromatic carbocycles. The molecule has 1 amide bonds. The van der Waals surface area contributed by atoms with Crippen LogP contribution in [0.25, 0.3) is 0 Å². The van der Waals surface area contributed by atoms with Crippen molar-refractivity contribution in [2.75, 3.05) is 6.54 Å². The van der Waals surface area contributed by atoms with Gasteiger partial charge in [0.1, 0.15) is 0 Å². The first kappa shape index (κ1) is 9.48. The molecule has 0 spiro atoms. The van der Waals surface area contributed by atoms with Gasteiger partial charge in [-0.15, -0.1) is 11.3 Å². The summed E-state index contributed by atoms with van der Waals surface area (Å²) in [5.74, 6) is 0. The van der Waals surface area contributed by atoms with E-state index in [1.165, 1.54) is 9.78 Å². The zero-order valence-corrected chi connectivity index (χ0v) is 8.38. The molecule has 1 aliphatic rings. The Morgan fingerprint density at radius 1 is 1.64 bits per heavy atom. The largest absolute Gasteiger partial charge is 0.465 e. The van der Waals surface area contributed by atoms with Crippen LogP contribution in [-0.4, -0.2) is 27.8 Å². The van der Waals surface area contributed by atoms with Crippen molar-refractivity contribution < 1.29 is 15.0 Å². The second kappa shape index (κ2) is 3.59. The summed E-state index contributed by atoms with van der Waals surface area (Å²) in [7, 11) is 0. The van der Waals surface area contributed by atoms with E-state index in [4.69, 9.17) is 10.2 Å². The summed E-state index contributed by atoms with van der Waals surface area (Å²) in [6.45, 7) is 0.983. The van der Waals surface area contributed by atoms with E-state index in [1.54, 1.807) is 11.3 Å². The maximum absolute atomic E-state index is 10.8. The van der Waals surface area contributed by atoms with Crippen LogP contribution in [0.5, 0.6) is 0 Å². The summed E-state index contributed by atoms with van der Waals surface area (Å²) in [5, 5.41) is 19.8. The third-order valence-corrected chi connectivity index (χ3v) is 3.60. The number of fused-ring (bicyclic) bond motifs is 1. The van der Waals surface area contributed by atoms with E-state index in [0.717, 1.165) is 17.5 Å². The molecule has 2 N–H and O–H groups in total. The molecule has 1 aromatic heterocycles. The molecule has 0 saturated carbocycles. The lowest BCUT2D eigenvalue weighted by Crippen LogP contribution is -2.34. The topological polar surface area (TPSA) is 60.8 Å². The highest BCUT2D eigenvalue weighted by Gasteiger charge is 2.23. The van der Waals surface area contributed by atoms with Crippen LogP contribution in [0.1, 0.15) is 16.0 Å². The zero-order valence-electron chi connectivity index (χ0n) is 7.56. The second-order valence-corrected chi connectivity index (χ2v) is 4.24. The summed E-state index contributed by atoms with van der Waals surface area (Å²) in [4.78, 5) is 13.4. The molecule has 0 aliphatic carbocycles. The highest BCUT2D eigenvalue weighted by atomic mass is 32.1. The average molecular weight is 213 g/mol. The zero-order chi connectivity index (χ0) is 10.1. The molecule has 0 atom stereocenters. The van der Waals surface area contributed by atoms with Crippen molar-refractivity contribution in [3.63, 3.8) is 0 Å². The van der Waals surface area contributed by atoms with E-state index in [-0.39, 0.29) is 6.61 Å². The fraction of sp³-hybridized carbons (Fsp3) is 0.444. The fourth-order valence-electron chi connectivity index (χ4n) is 1.67. The summed E-state index contributed by atoms with van der Waals surface area (Å²) >= 11 is 1.61. The molecule has 5 heteroatoms. The number of rotatable bonds is 1. The number of amides is 1. The highest BCUT2D eigenvalue weighted by molar-refractivity contribution is 7.10. The number of nitrogens with zero attached hydrogens (tertiary/aromatic N) is 1. The smallest absolute Gasteiger partial charge is 0.407 e. The van der Waals surface area contributed by atoms with Crippen molar-refractivity contribution in [2.24, 2.45) is 0 Å². The molecule has 76 valence electrons. The lowest BCUT2D eigenvalue weighted by molar-refractivity contribution is 0.139. The molecule has 1 aliphatic heterocycles. The first-order valence-electron chi connectivity index (χ1n) is 4.39. The summed E-state index contributed by atoms with van der Waals surface area (Å²) in [6.07, 6.45) is -0.113. The van der Waals surface area contributed by atoms with E-state index in [9.17, 15) is 4.79 Å². The van der Waals surface area contributed by atoms with Crippen molar-refractivity contribution in [3.05, 3.63) is 21.4 Å². The molecule has 2 heterocycles. The van der Waals surface area contributed by atoms with Gasteiger partial charge in [0.05, 0.1) is 13.2 Å². The Bertz CT molecular complexity index is 347. The maximum atomic E-state index is 10.8. The molecule has 0 radical (unpaired) electrons. The average Bonchev–Trinajstić information content (AvgIpc) is 2.59. The van der Waals surface area contributed by atoms with Crippen molar-refractivity contribution in [2.45, 2.75) is 19.6 Å². The summed E-state index contributed by atoms with van der Waals surface area (Å²) in [6, 6.07) is 0. The van der Waals surface area contributed by atoms with Gasteiger partial charge in [-0.1, -0.05) is 0 Å². The summed E-state index contributed by atoms with van der Waals surface area (Å²) in [5.41, 5.74) is 1.88. The van der Waals surface area contributed by atoms with E-state index >= 15 is 0 Å². The number of aliphatic hydroxyl groups is 1. The van der Waals surface area contributed by atoms with Gasteiger partial charge in [0.15, 0.2) is 0 Å². The Labute approximate surface area is 85.4 Å². The standard InChI is InChI=1S/C9H11NO3S/c11-4-6-5-14-8-1-2-10(9(12)13)3-7(6)8/h5,11H,1-4H2,(H,12,13). The Balaban J connectivity index is 2.27. The minimum Gasteiger partial charge on any atom is -0.465 e. The molecule has 0 saturated heterocycles. The third-order valence-electron chi connectivity index (χ3n) is 2.47. The van der Waals surface area contributed by atoms with Gasteiger partial charge in [0, 0.05) is 11.4 Å². The Morgan fingerprint density at radius 3 is 3.07 bits per heavy atom. The summed E-state index contributed by atoms with van der Waals surface area (Å²) < 4.78 is 0. The van der Waals surface area contributed by atoms with E-state index in [2.05, 4.69) is 0 Å². The van der Waals surface area contributed by atoms with Crippen molar-refractivity contribution >= 4 is 17.4 Å². The van der Waals surface area contributed by atoms with Gasteiger partial charge in [-0.3, -0.25) is 0 Å². The maximum Gasteiger partial charge on any atom is 0.407 e. The first-order valence-corrected chi connectivity index (χ1v) is 5.27. The number of aliphatic hydroxyl groups excluding tert-OH is 1. The molecule has 0 bridgehead atoms. The van der Waals surface area contributed by atoms with E-state index in [0.29, 0.717) is 13.1 Å². The van der Waals surface area contributed by atoms with Crippen LogP contribution in [0.15, 0.2) is 5.38 Å². The molecular formula is C9H11NO3S. The van der Waals surface area contributed by atoms with Crippen LogP contribution in [0.2, 0.25) is 0 Å². The molecule has 14 heavy (non-hydrogen) atoms. The van der Waals surface area contributed by atoms with Crippen LogP contribution in [0, 0.1) is 0 Å². The Hall–Kier alpha value is -1.07. The van der Waals surface area contributed by atoms with Gasteiger partial charge >= 0.3 is 6.09 Å². The second-order valence-electron chi connectivity index (χ2n) is 3.27. The number of carboxylic acid groups (broad SMARTS) is 1. The minimum atomic E-state index is -0.884. The van der Waals surface area contributed by atoms with Crippen LogP contribution in [-0.2, 0) is 19.6 Å². The SMILES string of the molecule is O=C(O)N1CCc2scc(CO)c2C1. The normalized spacial score (nSPS) is 15.4. The van der Waals surface area contributed by atoms with Crippen molar-refractivity contribution in [3.8, 4) is 0 Å². The van der Waals surface area contributed by atoms with Crippen molar-refractivity contribution in [1.82, 2.24) is 4.90 Å². The molecular weight excluding hydrogens is 202 g/mol. The van der Waals surface area contributed by atoms with Crippen LogP contribution in [0.4, 0.5) is 4.79 Å². The van der Waals surface area contributed by atoms with Crippen molar-refractivity contribution in [1.29, 1.82) is 0 Å². The van der Waals surface area contributed by atoms with Gasteiger partial charge < -0.3 is 15.1 Å². The number of hydrogen-bond acceptors (Lipinski definition) is 3. The highest BCUT2D eigenvalue weighted by Crippen LogP contribution is 2.28. The van der Waals surface area contributed by atoms with Crippen LogP contribution < -0.4 is 0 Å². The van der Waals surface area contributed by atoms with Crippen LogP contribution in [0.3, 0.4) is 0 Å². The van der Waals surface area contributed by atoms with Gasteiger partial charge in [-0.2, -0.15) is 0 Å². The van der Waals surface area contributed by atoms with E-state index in [1.807, 2.05) is 5.38 Å². The molecule has 4 nitrogen and oxygen atoms in total. The monoisotopic (exact) mass is 213 g/mol. The van der Waals surface area contributed by atoms with Gasteiger partial charge in [-0.05, 0) is 22.9 Å². The number of hydrogen-bond donors (Lipinski definition) is 2. The van der Waals surface area contributed by atoms with E-state index < -0.39 is 6.09 Å². The van der Waals surface area contributed by atoms with Gasteiger partial charge in [0.25, 0.3) is 0 Å². The quantitative estimate of drug-likeness (QED) is 0.738. The minimum absolute atomic E-state index is 0.000702. The lowest BCUT2D eigenvalue weighted by atomic mass is 10.1. The van der Waals surface area contributed by atoms with Gasteiger partial charge in [0.2, 0.25) is 0 Å². The molecule has 0 fully saturated rings. The Morgan fingerprint density at radius 2 is 2.43 bits per heavy atom. The molecule has 2 rings (SSSR count). The lowest BCUT2D eigenvalue weighted by Gasteiger charge is -2.24. The first-order chi connectivity index (χ1) is 6.72. The Kier molecular flexibility index (Phi) is 2.43. The number of carbonyl (C=O) groups is 1. The third kappa shape index (κ3) is 1.49.